The second-order valence-corrected chi connectivity index (χ2v) is 2.50. The maximum atomic E-state index is 10.8. The summed E-state index contributed by atoms with van der Waals surface area (Å²) in [4.78, 5) is 21.3. The van der Waals surface area contributed by atoms with Gasteiger partial charge in [0.2, 0.25) is 0 Å². The smallest absolute Gasteiger partial charge is 0.399 e. The summed E-state index contributed by atoms with van der Waals surface area (Å²) < 4.78 is 4.57. The number of ether oxygens (including phenoxy) is 1. The van der Waals surface area contributed by atoms with Crippen molar-refractivity contribution < 1.29 is 19.5 Å². The molecule has 74 valence electrons. The molecule has 1 aromatic rings. The van der Waals surface area contributed by atoms with E-state index in [1.165, 1.54) is 5.48 Å². The van der Waals surface area contributed by atoms with Crippen molar-refractivity contribution in [1.29, 1.82) is 0 Å². The van der Waals surface area contributed by atoms with Gasteiger partial charge in [-0.1, -0.05) is 30.3 Å². The number of carbonyl (C=O) groups excluding carboxylic acids is 2. The molecule has 0 atom stereocenters. The van der Waals surface area contributed by atoms with Crippen LogP contribution in [0.15, 0.2) is 30.3 Å². The first kappa shape index (κ1) is 10.2. The summed E-state index contributed by atoms with van der Waals surface area (Å²) >= 11 is 0. The number of amides is 1. The van der Waals surface area contributed by atoms with Gasteiger partial charge in [0.25, 0.3) is 0 Å². The van der Waals surface area contributed by atoms with Crippen LogP contribution in [0.4, 0.5) is 0 Å². The monoisotopic (exact) mass is 195 g/mol. The fraction of sp³-hybridized carbons (Fsp3) is 0.111. The fourth-order valence-electron chi connectivity index (χ4n) is 0.834. The molecule has 0 saturated carbocycles. The van der Waals surface area contributed by atoms with Gasteiger partial charge in [0.05, 0.1) is 0 Å². The highest BCUT2D eigenvalue weighted by Gasteiger charge is 2.13. The molecule has 0 aliphatic heterocycles. The number of nitrogens with one attached hydrogen (secondary N) is 1. The Morgan fingerprint density at radius 3 is 2.50 bits per heavy atom. The lowest BCUT2D eigenvalue weighted by Gasteiger charge is -2.02. The minimum Gasteiger partial charge on any atom is -0.454 e. The topological polar surface area (TPSA) is 75.6 Å². The van der Waals surface area contributed by atoms with E-state index >= 15 is 0 Å². The van der Waals surface area contributed by atoms with Crippen molar-refractivity contribution in [2.45, 2.75) is 6.61 Å². The summed E-state index contributed by atoms with van der Waals surface area (Å²) in [6.07, 6.45) is 0. The Kier molecular flexibility index (Phi) is 3.63. The minimum absolute atomic E-state index is 0.00704. The first-order chi connectivity index (χ1) is 6.74. The Balaban J connectivity index is 2.42. The molecule has 1 aromatic carbocycles. The lowest BCUT2D eigenvalue weighted by molar-refractivity contribution is -0.159. The molecular weight excluding hydrogens is 186 g/mol. The summed E-state index contributed by atoms with van der Waals surface area (Å²) in [5.74, 6) is -2.29. The molecule has 0 aliphatic carbocycles. The Morgan fingerprint density at radius 2 is 1.93 bits per heavy atom. The molecule has 0 aliphatic rings. The summed E-state index contributed by atoms with van der Waals surface area (Å²) in [5, 5.41) is 8.10. The molecule has 2 N–H and O–H groups in total. The average molecular weight is 195 g/mol. The third kappa shape index (κ3) is 2.87. The van der Waals surface area contributed by atoms with Crippen molar-refractivity contribution in [1.82, 2.24) is 5.48 Å². The van der Waals surface area contributed by atoms with Crippen molar-refractivity contribution in [3.63, 3.8) is 0 Å². The molecular formula is C9H9NO4. The quantitative estimate of drug-likeness (QED) is 0.306. The predicted molar refractivity (Wildman–Crippen MR) is 46.2 cm³/mol. The normalized spacial score (nSPS) is 9.21. The van der Waals surface area contributed by atoms with E-state index in [1.54, 1.807) is 24.3 Å². The van der Waals surface area contributed by atoms with Crippen molar-refractivity contribution in [3.05, 3.63) is 35.9 Å². The van der Waals surface area contributed by atoms with Crippen LogP contribution in [0.3, 0.4) is 0 Å². The standard InChI is InChI=1S/C9H9NO4/c11-8(10-13)9(12)14-6-7-4-2-1-3-5-7/h1-5,13H,6H2,(H,10,11). The second-order valence-electron chi connectivity index (χ2n) is 2.50. The predicted octanol–water partition coefficient (Wildman–Crippen LogP) is 0.235. The SMILES string of the molecule is O=C(NO)C(=O)OCc1ccccc1. The van der Waals surface area contributed by atoms with E-state index in [9.17, 15) is 9.59 Å². The number of rotatable bonds is 2. The highest BCUT2D eigenvalue weighted by atomic mass is 16.6. The number of hydrogen-bond donors (Lipinski definition) is 2. The van der Waals surface area contributed by atoms with Crippen LogP contribution >= 0.6 is 0 Å². The molecule has 1 rings (SSSR count). The number of hydroxylamine groups is 1. The lowest BCUT2D eigenvalue weighted by atomic mass is 10.2. The summed E-state index contributed by atoms with van der Waals surface area (Å²) in [6.45, 7) is 0.00704. The van der Waals surface area contributed by atoms with Gasteiger partial charge < -0.3 is 4.74 Å². The summed E-state index contributed by atoms with van der Waals surface area (Å²) in [7, 11) is 0. The molecule has 0 aromatic heterocycles. The lowest BCUT2D eigenvalue weighted by Crippen LogP contribution is -2.29. The highest BCUT2D eigenvalue weighted by molar-refractivity contribution is 6.32. The molecule has 0 spiro atoms. The summed E-state index contributed by atoms with van der Waals surface area (Å²) in [5.41, 5.74) is 1.96. The zero-order valence-electron chi connectivity index (χ0n) is 7.27. The van der Waals surface area contributed by atoms with Crippen molar-refractivity contribution >= 4 is 11.9 Å². The zero-order valence-corrected chi connectivity index (χ0v) is 7.27. The first-order valence-electron chi connectivity index (χ1n) is 3.89. The van der Waals surface area contributed by atoms with Gasteiger partial charge in [-0.2, -0.15) is 0 Å². The van der Waals surface area contributed by atoms with Gasteiger partial charge in [-0.25, -0.2) is 10.3 Å². The van der Waals surface area contributed by atoms with E-state index in [2.05, 4.69) is 4.74 Å². The molecule has 0 heterocycles. The minimum atomic E-state index is -1.18. The van der Waals surface area contributed by atoms with Crippen LogP contribution in [0.2, 0.25) is 0 Å². The largest absolute Gasteiger partial charge is 0.454 e. The van der Waals surface area contributed by atoms with Crippen LogP contribution in [0.5, 0.6) is 0 Å². The average Bonchev–Trinajstić information content (AvgIpc) is 2.26. The van der Waals surface area contributed by atoms with Crippen molar-refractivity contribution in [2.24, 2.45) is 0 Å². The first-order valence-corrected chi connectivity index (χ1v) is 3.89. The molecule has 0 radical (unpaired) electrons. The molecule has 5 nitrogen and oxygen atoms in total. The van der Waals surface area contributed by atoms with E-state index < -0.39 is 11.9 Å². The van der Waals surface area contributed by atoms with E-state index in [0.29, 0.717) is 0 Å². The van der Waals surface area contributed by atoms with Gasteiger partial charge in [-0.15, -0.1) is 0 Å². The van der Waals surface area contributed by atoms with Crippen LogP contribution < -0.4 is 5.48 Å². The highest BCUT2D eigenvalue weighted by Crippen LogP contribution is 2.00. The molecule has 0 bridgehead atoms. The third-order valence-electron chi connectivity index (χ3n) is 1.50. The Bertz CT molecular complexity index is 323. The molecule has 0 unspecified atom stereocenters. The van der Waals surface area contributed by atoms with Crippen LogP contribution in [-0.2, 0) is 20.9 Å². The van der Waals surface area contributed by atoms with E-state index in [0.717, 1.165) is 5.56 Å². The van der Waals surface area contributed by atoms with Crippen LogP contribution in [0.25, 0.3) is 0 Å². The number of benzene rings is 1. The summed E-state index contributed by atoms with van der Waals surface area (Å²) in [6, 6.07) is 8.91. The molecule has 14 heavy (non-hydrogen) atoms. The molecule has 1 amide bonds. The van der Waals surface area contributed by atoms with Crippen molar-refractivity contribution in [2.75, 3.05) is 0 Å². The third-order valence-corrected chi connectivity index (χ3v) is 1.50. The Morgan fingerprint density at radius 1 is 1.29 bits per heavy atom. The van der Waals surface area contributed by atoms with Crippen molar-refractivity contribution in [3.8, 4) is 0 Å². The van der Waals surface area contributed by atoms with Gasteiger partial charge in [0, 0.05) is 0 Å². The van der Waals surface area contributed by atoms with Crippen LogP contribution in [-0.4, -0.2) is 17.1 Å². The van der Waals surface area contributed by atoms with E-state index in [4.69, 9.17) is 5.21 Å². The molecule has 5 heteroatoms. The van der Waals surface area contributed by atoms with E-state index in [-0.39, 0.29) is 6.61 Å². The maximum absolute atomic E-state index is 10.8. The van der Waals surface area contributed by atoms with Crippen LogP contribution in [0, 0.1) is 0 Å². The number of hydrogen-bond acceptors (Lipinski definition) is 4. The molecule has 0 fully saturated rings. The maximum Gasteiger partial charge on any atom is 0.399 e. The Hall–Kier alpha value is -1.88. The second kappa shape index (κ2) is 4.98. The van der Waals surface area contributed by atoms with Gasteiger partial charge in [-0.05, 0) is 5.56 Å². The van der Waals surface area contributed by atoms with Crippen LogP contribution in [0.1, 0.15) is 5.56 Å². The number of carbonyl (C=O) groups is 2. The van der Waals surface area contributed by atoms with Gasteiger partial charge in [0.1, 0.15) is 6.61 Å². The molecule has 0 saturated heterocycles. The van der Waals surface area contributed by atoms with Gasteiger partial charge in [0.15, 0.2) is 0 Å². The Labute approximate surface area is 80.3 Å². The van der Waals surface area contributed by atoms with Gasteiger partial charge >= 0.3 is 11.9 Å². The zero-order chi connectivity index (χ0) is 10.4. The van der Waals surface area contributed by atoms with E-state index in [1.807, 2.05) is 6.07 Å². The number of esters is 1. The fourth-order valence-corrected chi connectivity index (χ4v) is 0.834. The van der Waals surface area contributed by atoms with Gasteiger partial charge in [-0.3, -0.25) is 10.0 Å².